The van der Waals surface area contributed by atoms with Gasteiger partial charge in [0.05, 0.1) is 24.0 Å². The summed E-state index contributed by atoms with van der Waals surface area (Å²) >= 11 is 0. The topological polar surface area (TPSA) is 102 Å². The van der Waals surface area contributed by atoms with Crippen LogP contribution in [0, 0.1) is 5.92 Å². The molecule has 1 aliphatic carbocycles. The fourth-order valence-corrected chi connectivity index (χ4v) is 7.80. The largest absolute Gasteiger partial charge is 0.493 e. The van der Waals surface area contributed by atoms with Crippen LogP contribution < -0.4 is 14.2 Å². The Morgan fingerprint density at radius 1 is 0.795 bits per heavy atom. The van der Waals surface area contributed by atoms with E-state index in [9.17, 15) is 16.8 Å². The number of hydrogen-bond donors (Lipinski definition) is 1. The van der Waals surface area contributed by atoms with Gasteiger partial charge in [0.1, 0.15) is 0 Å². The second kappa shape index (κ2) is 12.5. The minimum atomic E-state index is -3.94. The quantitative estimate of drug-likeness (QED) is 0.349. The minimum absolute atomic E-state index is 0.00913. The third kappa shape index (κ3) is 6.81. The first-order valence-corrected chi connectivity index (χ1v) is 15.9. The van der Waals surface area contributed by atoms with Crippen molar-refractivity contribution in [3.8, 4) is 11.5 Å². The van der Waals surface area contributed by atoms with Crippen LogP contribution in [0.3, 0.4) is 0 Å². The van der Waals surface area contributed by atoms with Gasteiger partial charge in [0.15, 0.2) is 11.5 Å². The standard InChI is InChI=1S/C29H36N2O6S2/c1-22-9-7-8-12-27(22)31(21-24-13-18-28(36-2)29(19-24)37-3)39(34,35)26-16-14-25(15-17-26)38(32,33)30-20-23-10-5-4-6-11-23/h4-6,10-11,13-19,22,27,30H,7-9,12,20-21H2,1-3H3/t22-,27+/m1/s1. The van der Waals surface area contributed by atoms with Crippen molar-refractivity contribution >= 4 is 20.0 Å². The van der Waals surface area contributed by atoms with E-state index in [0.717, 1.165) is 36.8 Å². The molecule has 8 nitrogen and oxygen atoms in total. The van der Waals surface area contributed by atoms with Crippen LogP contribution in [-0.4, -0.2) is 41.4 Å². The van der Waals surface area contributed by atoms with E-state index in [1.54, 1.807) is 30.7 Å². The Hall–Kier alpha value is -2.92. The van der Waals surface area contributed by atoms with Gasteiger partial charge in [-0.25, -0.2) is 21.6 Å². The number of nitrogens with one attached hydrogen (secondary N) is 1. The molecule has 39 heavy (non-hydrogen) atoms. The summed E-state index contributed by atoms with van der Waals surface area (Å²) in [6, 6.07) is 19.9. The molecule has 0 aromatic heterocycles. The van der Waals surface area contributed by atoms with Crippen LogP contribution in [0.2, 0.25) is 0 Å². The number of nitrogens with zero attached hydrogens (tertiary/aromatic N) is 1. The Labute approximate surface area is 232 Å². The first-order valence-electron chi connectivity index (χ1n) is 13.0. The highest BCUT2D eigenvalue weighted by Crippen LogP contribution is 2.35. The number of sulfonamides is 2. The first-order chi connectivity index (χ1) is 18.7. The number of benzene rings is 3. The predicted molar refractivity (Wildman–Crippen MR) is 151 cm³/mol. The SMILES string of the molecule is COc1ccc(CN([C@H]2CCCC[C@H]2C)S(=O)(=O)c2ccc(S(=O)(=O)NCc3ccccc3)cc2)cc1OC. The molecule has 1 fully saturated rings. The van der Waals surface area contributed by atoms with Gasteiger partial charge in [-0.1, -0.05) is 56.2 Å². The van der Waals surface area contributed by atoms with Crippen LogP contribution in [0.4, 0.5) is 0 Å². The molecule has 0 spiro atoms. The Bertz CT molecular complexity index is 1460. The summed E-state index contributed by atoms with van der Waals surface area (Å²) in [5.41, 5.74) is 1.60. The molecule has 0 heterocycles. The summed E-state index contributed by atoms with van der Waals surface area (Å²) in [6.45, 7) is 2.40. The summed E-state index contributed by atoms with van der Waals surface area (Å²) in [5.74, 6) is 1.29. The molecule has 2 atom stereocenters. The Kier molecular flexibility index (Phi) is 9.32. The van der Waals surface area contributed by atoms with Gasteiger partial charge < -0.3 is 9.47 Å². The Morgan fingerprint density at radius 2 is 1.44 bits per heavy atom. The minimum Gasteiger partial charge on any atom is -0.493 e. The molecule has 0 aliphatic heterocycles. The lowest BCUT2D eigenvalue weighted by molar-refractivity contribution is 0.185. The fourth-order valence-electron chi connectivity index (χ4n) is 5.05. The van der Waals surface area contributed by atoms with E-state index < -0.39 is 20.0 Å². The number of rotatable bonds is 11. The Balaban J connectivity index is 1.61. The summed E-state index contributed by atoms with van der Waals surface area (Å²) in [6.07, 6.45) is 3.75. The number of hydrogen-bond acceptors (Lipinski definition) is 6. The van der Waals surface area contributed by atoms with Crippen molar-refractivity contribution in [2.45, 2.75) is 61.5 Å². The smallest absolute Gasteiger partial charge is 0.243 e. The van der Waals surface area contributed by atoms with Gasteiger partial charge in [-0.2, -0.15) is 4.31 Å². The van der Waals surface area contributed by atoms with Gasteiger partial charge in [-0.15, -0.1) is 0 Å². The molecule has 0 amide bonds. The van der Waals surface area contributed by atoms with Crippen LogP contribution in [0.15, 0.2) is 82.6 Å². The van der Waals surface area contributed by atoms with Crippen molar-refractivity contribution in [2.75, 3.05) is 14.2 Å². The molecule has 3 aromatic carbocycles. The van der Waals surface area contributed by atoms with E-state index in [-0.39, 0.29) is 34.8 Å². The molecule has 0 radical (unpaired) electrons. The fraction of sp³-hybridized carbons (Fsp3) is 0.379. The van der Waals surface area contributed by atoms with Crippen molar-refractivity contribution in [3.63, 3.8) is 0 Å². The molecule has 10 heteroatoms. The van der Waals surface area contributed by atoms with Gasteiger partial charge in [-0.05, 0) is 66.3 Å². The average molecular weight is 573 g/mol. The zero-order chi connectivity index (χ0) is 28.0. The van der Waals surface area contributed by atoms with Crippen LogP contribution >= 0.6 is 0 Å². The lowest BCUT2D eigenvalue weighted by atomic mass is 9.86. The summed E-state index contributed by atoms with van der Waals surface area (Å²) in [5, 5.41) is 0. The normalized spacial score (nSPS) is 18.2. The van der Waals surface area contributed by atoms with Gasteiger partial charge in [-0.3, -0.25) is 0 Å². The van der Waals surface area contributed by atoms with E-state index >= 15 is 0 Å². The van der Waals surface area contributed by atoms with Crippen molar-refractivity contribution < 1.29 is 26.3 Å². The van der Waals surface area contributed by atoms with Gasteiger partial charge >= 0.3 is 0 Å². The zero-order valence-corrected chi connectivity index (χ0v) is 24.2. The maximum Gasteiger partial charge on any atom is 0.243 e. The molecule has 1 saturated carbocycles. The molecular formula is C29H36N2O6S2. The van der Waals surface area contributed by atoms with E-state index in [2.05, 4.69) is 11.6 Å². The maximum absolute atomic E-state index is 14.0. The third-order valence-corrected chi connectivity index (χ3v) is 10.6. The maximum atomic E-state index is 14.0. The van der Waals surface area contributed by atoms with Crippen LogP contribution in [0.1, 0.15) is 43.7 Å². The molecule has 1 N–H and O–H groups in total. The van der Waals surface area contributed by atoms with Crippen LogP contribution in [-0.2, 0) is 33.1 Å². The van der Waals surface area contributed by atoms with Crippen LogP contribution in [0.5, 0.6) is 11.5 Å². The van der Waals surface area contributed by atoms with Crippen LogP contribution in [0.25, 0.3) is 0 Å². The molecular weight excluding hydrogens is 536 g/mol. The molecule has 0 unspecified atom stereocenters. The lowest BCUT2D eigenvalue weighted by Gasteiger charge is -2.38. The first kappa shape index (κ1) is 29.1. The van der Waals surface area contributed by atoms with Crippen molar-refractivity contribution in [3.05, 3.63) is 83.9 Å². The molecule has 3 aromatic rings. The van der Waals surface area contributed by atoms with E-state index in [1.165, 1.54) is 24.3 Å². The highest BCUT2D eigenvalue weighted by Gasteiger charge is 2.36. The summed E-state index contributed by atoms with van der Waals surface area (Å²) in [4.78, 5) is 0.0672. The average Bonchev–Trinajstić information content (AvgIpc) is 2.95. The molecule has 4 rings (SSSR count). The highest BCUT2D eigenvalue weighted by atomic mass is 32.2. The lowest BCUT2D eigenvalue weighted by Crippen LogP contribution is -2.44. The van der Waals surface area contributed by atoms with Gasteiger partial charge in [0.25, 0.3) is 0 Å². The number of methoxy groups -OCH3 is 2. The van der Waals surface area contributed by atoms with Crippen molar-refractivity contribution in [1.29, 1.82) is 0 Å². The molecule has 1 aliphatic rings. The van der Waals surface area contributed by atoms with E-state index in [1.807, 2.05) is 36.4 Å². The monoisotopic (exact) mass is 572 g/mol. The molecule has 0 saturated heterocycles. The number of ether oxygens (including phenoxy) is 2. The summed E-state index contributed by atoms with van der Waals surface area (Å²) in [7, 11) is -4.66. The van der Waals surface area contributed by atoms with Crippen molar-refractivity contribution in [2.24, 2.45) is 5.92 Å². The summed E-state index contributed by atoms with van der Waals surface area (Å²) < 4.78 is 68.7. The second-order valence-electron chi connectivity index (χ2n) is 9.85. The van der Waals surface area contributed by atoms with E-state index in [0.29, 0.717) is 11.5 Å². The third-order valence-electron chi connectivity index (χ3n) is 7.27. The van der Waals surface area contributed by atoms with E-state index in [4.69, 9.17) is 9.47 Å². The highest BCUT2D eigenvalue weighted by molar-refractivity contribution is 7.89. The second-order valence-corrected chi connectivity index (χ2v) is 13.5. The Morgan fingerprint density at radius 3 is 2.08 bits per heavy atom. The molecule has 0 bridgehead atoms. The predicted octanol–water partition coefficient (Wildman–Crippen LogP) is 4.95. The zero-order valence-electron chi connectivity index (χ0n) is 22.5. The van der Waals surface area contributed by atoms with Gasteiger partial charge in [0.2, 0.25) is 20.0 Å². The molecule has 210 valence electrons. The van der Waals surface area contributed by atoms with Crippen molar-refractivity contribution in [1.82, 2.24) is 9.03 Å². The van der Waals surface area contributed by atoms with Gasteiger partial charge in [0, 0.05) is 19.1 Å².